The number of nitrogen functional groups attached to an aromatic ring is 1. The highest BCUT2D eigenvalue weighted by Gasteiger charge is 2.50. The number of likely N-dealkylation sites (tertiary alicyclic amines) is 1. The molecule has 1 heterocycles. The molecule has 0 saturated carbocycles. The summed E-state index contributed by atoms with van der Waals surface area (Å²) in [5.74, 6) is -0.526. The van der Waals surface area contributed by atoms with Gasteiger partial charge in [-0.05, 0) is 29.3 Å². The van der Waals surface area contributed by atoms with E-state index in [1.807, 2.05) is 60.7 Å². The molecule has 2 amide bonds. The maximum Gasteiger partial charge on any atom is 0.256 e. The summed E-state index contributed by atoms with van der Waals surface area (Å²) >= 11 is 0. The Morgan fingerprint density at radius 2 is 1.61 bits per heavy atom. The molecule has 0 aliphatic carbocycles. The molecule has 1 aliphatic heterocycles. The van der Waals surface area contributed by atoms with E-state index >= 15 is 0 Å². The summed E-state index contributed by atoms with van der Waals surface area (Å²) < 4.78 is 0. The van der Waals surface area contributed by atoms with E-state index < -0.39 is 5.66 Å². The second-order valence-electron chi connectivity index (χ2n) is 7.98. The lowest BCUT2D eigenvalue weighted by atomic mass is 9.93. The molecule has 1 saturated heterocycles. The lowest BCUT2D eigenvalue weighted by Gasteiger charge is -2.39. The van der Waals surface area contributed by atoms with Crippen molar-refractivity contribution in [2.45, 2.75) is 19.0 Å². The third-order valence-electron chi connectivity index (χ3n) is 5.75. The van der Waals surface area contributed by atoms with Gasteiger partial charge in [-0.3, -0.25) is 9.59 Å². The summed E-state index contributed by atoms with van der Waals surface area (Å²) in [5, 5.41) is 7.08. The smallest absolute Gasteiger partial charge is 0.256 e. The predicted octanol–water partition coefficient (Wildman–Crippen LogP) is 3.77. The van der Waals surface area contributed by atoms with Gasteiger partial charge in [-0.1, -0.05) is 65.8 Å². The van der Waals surface area contributed by atoms with Crippen LogP contribution in [-0.2, 0) is 15.3 Å². The molecule has 7 nitrogen and oxygen atoms in total. The Bertz CT molecular complexity index is 1190. The Kier molecular flexibility index (Phi) is 6.13. The summed E-state index contributed by atoms with van der Waals surface area (Å²) in [7, 11) is 1.46. The van der Waals surface area contributed by atoms with E-state index in [4.69, 9.17) is 10.6 Å². The molecule has 0 aromatic heterocycles. The van der Waals surface area contributed by atoms with Crippen molar-refractivity contribution in [1.29, 1.82) is 0 Å². The van der Waals surface area contributed by atoms with Gasteiger partial charge >= 0.3 is 0 Å². The summed E-state index contributed by atoms with van der Waals surface area (Å²) in [6, 6.07) is 24.6. The zero-order chi connectivity index (χ0) is 23.4. The van der Waals surface area contributed by atoms with E-state index in [1.165, 1.54) is 14.0 Å². The number of rotatable bonds is 5. The van der Waals surface area contributed by atoms with Crippen molar-refractivity contribution in [1.82, 2.24) is 10.2 Å². The number of amides is 2. The lowest BCUT2D eigenvalue weighted by Crippen LogP contribution is -2.56. The van der Waals surface area contributed by atoms with Crippen molar-refractivity contribution in [3.63, 3.8) is 0 Å². The van der Waals surface area contributed by atoms with Gasteiger partial charge in [-0.15, -0.1) is 0 Å². The molecule has 1 atom stereocenters. The van der Waals surface area contributed by atoms with Crippen LogP contribution < -0.4 is 11.1 Å². The monoisotopic (exact) mass is 442 g/mol. The van der Waals surface area contributed by atoms with Crippen molar-refractivity contribution in [3.8, 4) is 11.1 Å². The number of hydrogen-bond donors (Lipinski definition) is 2. The van der Waals surface area contributed by atoms with E-state index in [0.717, 1.165) is 11.1 Å². The average Bonchev–Trinajstić information content (AvgIpc) is 3.17. The highest BCUT2D eigenvalue weighted by molar-refractivity contribution is 6.02. The molecule has 0 radical (unpaired) electrons. The number of nitrogens with zero attached hydrogens (tertiary/aromatic N) is 2. The van der Waals surface area contributed by atoms with Crippen molar-refractivity contribution in [2.24, 2.45) is 5.16 Å². The third kappa shape index (κ3) is 4.30. The van der Waals surface area contributed by atoms with Gasteiger partial charge in [0.05, 0.1) is 12.3 Å². The fourth-order valence-electron chi connectivity index (χ4n) is 4.38. The number of hydrogen-bond acceptors (Lipinski definition) is 5. The molecule has 7 heteroatoms. The standard InChI is InChI=1S/C26H26N4O3/c1-18(31)28-26(23-10-6-7-11-24(23)27)16-22(29-33-2)17-30(26)25(32)21-14-12-20(13-15-21)19-8-4-3-5-9-19/h3-15H,16-17,27H2,1-2H3,(H,28,31)/b29-22-/t26-/m0/s1. The Labute approximate surface area is 192 Å². The molecule has 33 heavy (non-hydrogen) atoms. The second-order valence-corrected chi connectivity index (χ2v) is 7.98. The van der Waals surface area contributed by atoms with Crippen LogP contribution in [0.1, 0.15) is 29.3 Å². The minimum Gasteiger partial charge on any atom is -0.399 e. The number of carbonyl (C=O) groups excluding carboxylic acids is 2. The molecule has 0 unspecified atom stereocenters. The normalized spacial score (nSPS) is 18.8. The molecule has 4 rings (SSSR count). The maximum absolute atomic E-state index is 13.8. The van der Waals surface area contributed by atoms with Crippen LogP contribution in [0.4, 0.5) is 5.69 Å². The number of carbonyl (C=O) groups is 2. The molecule has 0 bridgehead atoms. The van der Waals surface area contributed by atoms with Gasteiger partial charge in [0.2, 0.25) is 5.91 Å². The topological polar surface area (TPSA) is 97.0 Å². The SMILES string of the molecule is CO/N=C1\CN(C(=O)c2ccc(-c3ccccc3)cc2)[C@](NC(C)=O)(c2ccccc2N)C1. The first kappa shape index (κ1) is 22.1. The average molecular weight is 443 g/mol. The number of anilines is 1. The second kappa shape index (κ2) is 9.16. The largest absolute Gasteiger partial charge is 0.399 e. The van der Waals surface area contributed by atoms with Gasteiger partial charge in [-0.2, -0.15) is 0 Å². The first-order valence-electron chi connectivity index (χ1n) is 10.6. The first-order chi connectivity index (χ1) is 15.9. The number of para-hydroxylation sites is 1. The van der Waals surface area contributed by atoms with Crippen LogP contribution in [0.25, 0.3) is 11.1 Å². The molecule has 1 fully saturated rings. The molecule has 168 valence electrons. The Morgan fingerprint density at radius 3 is 2.24 bits per heavy atom. The molecular formula is C26H26N4O3. The van der Waals surface area contributed by atoms with E-state index in [0.29, 0.717) is 22.5 Å². The minimum atomic E-state index is -1.18. The van der Waals surface area contributed by atoms with E-state index in [-0.39, 0.29) is 24.8 Å². The van der Waals surface area contributed by atoms with Crippen LogP contribution in [0.2, 0.25) is 0 Å². The summed E-state index contributed by atoms with van der Waals surface area (Å²) in [4.78, 5) is 32.7. The van der Waals surface area contributed by atoms with Gasteiger partial charge in [0, 0.05) is 30.2 Å². The molecule has 0 spiro atoms. The fraction of sp³-hybridized carbons (Fsp3) is 0.192. The highest BCUT2D eigenvalue weighted by atomic mass is 16.6. The first-order valence-corrected chi connectivity index (χ1v) is 10.6. The number of nitrogens with two attached hydrogens (primary N) is 1. The lowest BCUT2D eigenvalue weighted by molar-refractivity contribution is -0.122. The quantitative estimate of drug-likeness (QED) is 0.464. The molecular weight excluding hydrogens is 416 g/mol. The highest BCUT2D eigenvalue weighted by Crippen LogP contribution is 2.39. The van der Waals surface area contributed by atoms with Gasteiger partial charge in [0.15, 0.2) is 0 Å². The van der Waals surface area contributed by atoms with Gasteiger partial charge in [-0.25, -0.2) is 0 Å². The van der Waals surface area contributed by atoms with Crippen molar-refractivity contribution >= 4 is 23.2 Å². The summed E-state index contributed by atoms with van der Waals surface area (Å²) in [6.07, 6.45) is 0.266. The van der Waals surface area contributed by atoms with E-state index in [1.54, 1.807) is 23.1 Å². The number of nitrogens with one attached hydrogen (secondary N) is 1. The Hall–Kier alpha value is -4.13. The van der Waals surface area contributed by atoms with Crippen LogP contribution in [0.3, 0.4) is 0 Å². The van der Waals surface area contributed by atoms with E-state index in [2.05, 4.69) is 10.5 Å². The van der Waals surface area contributed by atoms with Crippen LogP contribution in [0.15, 0.2) is 84.0 Å². The Balaban J connectivity index is 1.77. The van der Waals surface area contributed by atoms with Crippen LogP contribution in [-0.4, -0.2) is 36.1 Å². The van der Waals surface area contributed by atoms with Gasteiger partial charge in [0.25, 0.3) is 5.91 Å². The van der Waals surface area contributed by atoms with Crippen LogP contribution in [0, 0.1) is 0 Å². The zero-order valence-corrected chi connectivity index (χ0v) is 18.6. The van der Waals surface area contributed by atoms with Crippen molar-refractivity contribution in [2.75, 3.05) is 19.4 Å². The number of benzene rings is 3. The zero-order valence-electron chi connectivity index (χ0n) is 18.6. The summed E-state index contributed by atoms with van der Waals surface area (Å²) in [6.45, 7) is 1.62. The van der Waals surface area contributed by atoms with Gasteiger partial charge in [0.1, 0.15) is 12.8 Å². The van der Waals surface area contributed by atoms with Crippen LogP contribution >= 0.6 is 0 Å². The van der Waals surface area contributed by atoms with Gasteiger partial charge < -0.3 is 20.8 Å². The maximum atomic E-state index is 13.8. The molecule has 3 aromatic carbocycles. The summed E-state index contributed by atoms with van der Waals surface area (Å²) in [5.41, 5.74) is 9.44. The molecule has 3 N–H and O–H groups in total. The van der Waals surface area contributed by atoms with E-state index in [9.17, 15) is 9.59 Å². The number of oxime groups is 1. The minimum absolute atomic E-state index is 0.196. The molecule has 1 aliphatic rings. The van der Waals surface area contributed by atoms with Crippen molar-refractivity contribution in [3.05, 3.63) is 90.0 Å². The third-order valence-corrected chi connectivity index (χ3v) is 5.75. The van der Waals surface area contributed by atoms with Crippen molar-refractivity contribution < 1.29 is 14.4 Å². The Morgan fingerprint density at radius 1 is 0.970 bits per heavy atom. The van der Waals surface area contributed by atoms with Crippen LogP contribution in [0.5, 0.6) is 0 Å². The fourth-order valence-corrected chi connectivity index (χ4v) is 4.38. The molecule has 3 aromatic rings. The predicted molar refractivity (Wildman–Crippen MR) is 128 cm³/mol.